The van der Waals surface area contributed by atoms with Crippen molar-refractivity contribution < 1.29 is 38.6 Å². The number of nitrogens with one attached hydrogen (secondary N) is 4. The van der Waals surface area contributed by atoms with Crippen LogP contribution in [0.1, 0.15) is 74.6 Å². The van der Waals surface area contributed by atoms with E-state index in [9.17, 15) is 33.9 Å². The average Bonchev–Trinajstić information content (AvgIpc) is 3.07. The number of hydrogen-bond acceptors (Lipinski definition) is 9. The van der Waals surface area contributed by atoms with Crippen molar-refractivity contribution in [1.29, 1.82) is 0 Å². The zero-order chi connectivity index (χ0) is 32.6. The first kappa shape index (κ1) is 31.0. The number of hydrogen-bond donors (Lipinski definition) is 5. The molecule has 232 valence electrons. The van der Waals surface area contributed by atoms with E-state index in [-0.39, 0.29) is 66.7 Å². The lowest BCUT2D eigenvalue weighted by Gasteiger charge is -2.13. The molecule has 6 heterocycles. The van der Waals surface area contributed by atoms with Gasteiger partial charge in [0.25, 0.3) is 30.1 Å². The maximum absolute atomic E-state index is 12.9. The Morgan fingerprint density at radius 2 is 1.07 bits per heavy atom. The molecule has 46 heavy (non-hydrogen) atoms. The quantitative estimate of drug-likeness (QED) is 0.209. The normalized spacial score (nSPS) is 14.0. The molecule has 4 amide bonds. The predicted molar refractivity (Wildman–Crippen MR) is 160 cm³/mol. The SMILES string of the molecule is O=COc1cc2ccc1CNC(=O)c1cccc(n1)C(=O)NCc1ccc(c(C(=O)O)c1)CNC(=O)c1cccc(n1)C(=O)NC2. The van der Waals surface area contributed by atoms with E-state index in [2.05, 4.69) is 31.2 Å². The van der Waals surface area contributed by atoms with Crippen LogP contribution in [-0.2, 0) is 31.0 Å². The summed E-state index contributed by atoms with van der Waals surface area (Å²) in [5.41, 5.74) is 1.54. The van der Waals surface area contributed by atoms with Crippen LogP contribution < -0.4 is 26.0 Å². The smallest absolute Gasteiger partial charge is 0.336 e. The van der Waals surface area contributed by atoms with E-state index in [1.54, 1.807) is 18.2 Å². The standard InChI is InChI=1S/C32H26N6O8/c39-17-46-27-12-19-8-10-21(27)16-36-31(43)26-6-2-3-23(38-26)28(40)33-13-18-7-9-20(22(11-18)32(44)45)15-35-30(42)25-5-1-4-24(37-25)29(41)34-14-19/h1-12,17H,13-16H2,(H,33,40)(H,34,41)(H,35,42)(H,36,43)(H,44,45). The molecule has 14 nitrogen and oxygen atoms in total. The summed E-state index contributed by atoms with van der Waals surface area (Å²) in [5, 5.41) is 20.4. The Labute approximate surface area is 261 Å². The number of benzene rings is 2. The van der Waals surface area contributed by atoms with Crippen LogP contribution in [0, 0.1) is 0 Å². The molecule has 14 heteroatoms. The summed E-state index contributed by atoms with van der Waals surface area (Å²) in [4.78, 5) is 82.9. The highest BCUT2D eigenvalue weighted by Gasteiger charge is 2.18. The Balaban J connectivity index is 1.45. The van der Waals surface area contributed by atoms with Crippen LogP contribution in [0.4, 0.5) is 0 Å². The van der Waals surface area contributed by atoms with Crippen LogP contribution in [0.3, 0.4) is 0 Å². The predicted octanol–water partition coefficient (Wildman–Crippen LogP) is 1.74. The molecule has 0 saturated carbocycles. The Morgan fingerprint density at radius 1 is 0.630 bits per heavy atom. The van der Waals surface area contributed by atoms with Crippen LogP contribution in [-0.4, -0.2) is 51.1 Å². The highest BCUT2D eigenvalue weighted by molar-refractivity contribution is 5.97. The fourth-order valence-electron chi connectivity index (χ4n) is 4.56. The molecule has 0 fully saturated rings. The second-order valence-electron chi connectivity index (χ2n) is 10.00. The fourth-order valence-corrected chi connectivity index (χ4v) is 4.56. The largest absolute Gasteiger partial charge is 0.478 e. The minimum absolute atomic E-state index is 0.0194. The first-order valence-electron chi connectivity index (χ1n) is 13.9. The van der Waals surface area contributed by atoms with E-state index in [4.69, 9.17) is 4.74 Å². The fraction of sp³-hybridized carbons (Fsp3) is 0.125. The number of aromatic carboxylic acids is 1. The zero-order valence-electron chi connectivity index (χ0n) is 24.0. The Bertz CT molecular complexity index is 1880. The molecule has 4 aromatic rings. The van der Waals surface area contributed by atoms with Gasteiger partial charge in [0.1, 0.15) is 28.5 Å². The first-order chi connectivity index (χ1) is 22.2. The molecule has 4 aliphatic rings. The lowest BCUT2D eigenvalue weighted by atomic mass is 10.0. The molecule has 0 unspecified atom stereocenters. The van der Waals surface area contributed by atoms with Gasteiger partial charge in [-0.25, -0.2) is 14.8 Å². The third kappa shape index (κ3) is 7.37. The van der Waals surface area contributed by atoms with Gasteiger partial charge in [0.15, 0.2) is 0 Å². The maximum Gasteiger partial charge on any atom is 0.336 e. The van der Waals surface area contributed by atoms with Crippen molar-refractivity contribution in [1.82, 2.24) is 31.2 Å². The topological polar surface area (TPSA) is 206 Å². The monoisotopic (exact) mass is 622 g/mol. The van der Waals surface area contributed by atoms with Crippen LogP contribution in [0.25, 0.3) is 0 Å². The number of rotatable bonds is 3. The molecule has 0 spiro atoms. The lowest BCUT2D eigenvalue weighted by molar-refractivity contribution is -0.120. The second-order valence-corrected chi connectivity index (χ2v) is 10.00. The molecule has 8 rings (SSSR count). The van der Waals surface area contributed by atoms with E-state index in [1.807, 2.05) is 0 Å². The maximum atomic E-state index is 12.9. The molecule has 5 N–H and O–H groups in total. The summed E-state index contributed by atoms with van der Waals surface area (Å²) in [5.74, 6) is -3.47. The van der Waals surface area contributed by atoms with Gasteiger partial charge in [0.2, 0.25) is 0 Å². The van der Waals surface area contributed by atoms with Crippen molar-refractivity contribution >= 4 is 36.1 Å². The number of aromatic nitrogens is 2. The number of amides is 4. The highest BCUT2D eigenvalue weighted by Crippen LogP contribution is 2.21. The molecule has 8 bridgehead atoms. The summed E-state index contributed by atoms with van der Waals surface area (Å²) in [6, 6.07) is 18.0. The molecule has 0 aliphatic carbocycles. The van der Waals surface area contributed by atoms with Gasteiger partial charge in [-0.05, 0) is 53.1 Å². The van der Waals surface area contributed by atoms with Gasteiger partial charge in [-0.1, -0.05) is 36.4 Å². The summed E-state index contributed by atoms with van der Waals surface area (Å²) in [6.07, 6.45) is 0. The molecule has 2 aromatic carbocycles. The average molecular weight is 623 g/mol. The minimum Gasteiger partial charge on any atom is -0.478 e. The van der Waals surface area contributed by atoms with Gasteiger partial charge in [-0.15, -0.1) is 0 Å². The van der Waals surface area contributed by atoms with Crippen LogP contribution >= 0.6 is 0 Å². The second kappa shape index (κ2) is 13.9. The zero-order valence-corrected chi connectivity index (χ0v) is 24.0. The molecule has 2 aromatic heterocycles. The van der Waals surface area contributed by atoms with Gasteiger partial charge < -0.3 is 31.1 Å². The van der Waals surface area contributed by atoms with E-state index in [1.165, 1.54) is 54.6 Å². The number of ether oxygens (including phenoxy) is 1. The number of carbonyl (C=O) groups is 6. The molecule has 4 aliphatic heterocycles. The Morgan fingerprint density at radius 3 is 1.54 bits per heavy atom. The summed E-state index contributed by atoms with van der Waals surface area (Å²) in [6.45, 7) is 0.0190. The molecule has 0 saturated heterocycles. The van der Waals surface area contributed by atoms with Crippen molar-refractivity contribution in [2.24, 2.45) is 0 Å². The number of carbonyl (C=O) groups excluding carboxylic acids is 5. The summed E-state index contributed by atoms with van der Waals surface area (Å²) >= 11 is 0. The molecular weight excluding hydrogens is 596 g/mol. The van der Waals surface area contributed by atoms with E-state index >= 15 is 0 Å². The molecule has 0 atom stereocenters. The molecular formula is C32H26N6O8. The van der Waals surface area contributed by atoms with Gasteiger partial charge in [-0.3, -0.25) is 24.0 Å². The first-order valence-corrected chi connectivity index (χ1v) is 13.9. The van der Waals surface area contributed by atoms with Crippen LogP contribution in [0.5, 0.6) is 5.75 Å². The third-order valence-electron chi connectivity index (χ3n) is 6.93. The Kier molecular flexibility index (Phi) is 9.37. The lowest BCUT2D eigenvalue weighted by Crippen LogP contribution is -2.28. The van der Waals surface area contributed by atoms with Crippen molar-refractivity contribution in [3.8, 4) is 5.75 Å². The van der Waals surface area contributed by atoms with Crippen molar-refractivity contribution in [2.45, 2.75) is 26.2 Å². The number of carboxylic acid groups (broad SMARTS) is 1. The van der Waals surface area contributed by atoms with Gasteiger partial charge >= 0.3 is 5.97 Å². The minimum atomic E-state index is -1.23. The van der Waals surface area contributed by atoms with Crippen molar-refractivity contribution in [3.05, 3.63) is 123 Å². The third-order valence-corrected chi connectivity index (χ3v) is 6.93. The van der Waals surface area contributed by atoms with Gasteiger partial charge in [0, 0.05) is 31.7 Å². The van der Waals surface area contributed by atoms with Gasteiger partial charge in [0.05, 0.1) is 5.56 Å². The Hall–Kier alpha value is -6.44. The summed E-state index contributed by atoms with van der Waals surface area (Å²) < 4.78 is 5.10. The summed E-state index contributed by atoms with van der Waals surface area (Å²) in [7, 11) is 0. The van der Waals surface area contributed by atoms with Crippen LogP contribution in [0.2, 0.25) is 0 Å². The van der Waals surface area contributed by atoms with E-state index in [0.29, 0.717) is 22.3 Å². The van der Waals surface area contributed by atoms with E-state index < -0.39 is 29.6 Å². The molecule has 0 radical (unpaired) electrons. The number of carboxylic acids is 1. The van der Waals surface area contributed by atoms with Crippen LogP contribution in [0.15, 0.2) is 72.8 Å². The van der Waals surface area contributed by atoms with E-state index in [0.717, 1.165) is 0 Å². The van der Waals surface area contributed by atoms with Crippen molar-refractivity contribution in [3.63, 3.8) is 0 Å². The van der Waals surface area contributed by atoms with Gasteiger partial charge in [-0.2, -0.15) is 0 Å². The van der Waals surface area contributed by atoms with Crippen molar-refractivity contribution in [2.75, 3.05) is 0 Å². The number of nitrogens with zero attached hydrogens (tertiary/aromatic N) is 2. The number of pyridine rings is 2. The highest BCUT2D eigenvalue weighted by atomic mass is 16.5.